The molecule has 4 rings (SSSR count). The van der Waals surface area contributed by atoms with E-state index >= 15 is 0 Å². The number of benzene rings is 2. The van der Waals surface area contributed by atoms with Gasteiger partial charge in [-0.15, -0.1) is 0 Å². The minimum atomic E-state index is -0.404. The first kappa shape index (κ1) is 21.1. The molecule has 0 aliphatic rings. The molecule has 0 aliphatic carbocycles. The van der Waals surface area contributed by atoms with Gasteiger partial charge in [0.15, 0.2) is 11.0 Å². The Hall–Kier alpha value is -3.17. The van der Waals surface area contributed by atoms with E-state index in [2.05, 4.69) is 15.1 Å². The van der Waals surface area contributed by atoms with Crippen LogP contribution in [-0.4, -0.2) is 32.8 Å². The summed E-state index contributed by atoms with van der Waals surface area (Å²) in [5.41, 5.74) is 1.00. The van der Waals surface area contributed by atoms with Gasteiger partial charge in [-0.3, -0.25) is 14.2 Å². The summed E-state index contributed by atoms with van der Waals surface area (Å²) in [4.78, 5) is 33.6. The molecule has 0 bridgehead atoms. The van der Waals surface area contributed by atoms with Crippen molar-refractivity contribution in [1.29, 1.82) is 0 Å². The molecule has 8 nitrogen and oxygen atoms in total. The fourth-order valence-electron chi connectivity index (χ4n) is 2.95. The van der Waals surface area contributed by atoms with Crippen LogP contribution in [0, 0.1) is 0 Å². The lowest BCUT2D eigenvalue weighted by atomic mass is 10.2. The summed E-state index contributed by atoms with van der Waals surface area (Å²) >= 11 is 7.47. The number of carbonyl (C=O) groups is 1. The molecule has 0 saturated heterocycles. The number of fused-ring (bicyclic) bond motifs is 1. The molecule has 2 aromatic carbocycles. The van der Waals surface area contributed by atoms with Crippen molar-refractivity contribution in [3.8, 4) is 11.5 Å². The second kappa shape index (κ2) is 9.32. The minimum absolute atomic E-state index is 0.0584. The van der Waals surface area contributed by atoms with Gasteiger partial charge in [-0.05, 0) is 24.3 Å². The number of hydrogen-bond acceptors (Lipinski definition) is 8. The average molecular weight is 457 g/mol. The molecular formula is C21H17ClN4O4S. The first-order valence-electron chi connectivity index (χ1n) is 9.33. The van der Waals surface area contributed by atoms with Gasteiger partial charge >= 0.3 is 5.97 Å². The summed E-state index contributed by atoms with van der Waals surface area (Å²) in [6, 6.07) is 14.3. The summed E-state index contributed by atoms with van der Waals surface area (Å²) in [5.74, 6) is 0.660. The van der Waals surface area contributed by atoms with Crippen LogP contribution in [0.2, 0.25) is 5.02 Å². The number of rotatable bonds is 7. The van der Waals surface area contributed by atoms with Crippen molar-refractivity contribution < 1.29 is 14.1 Å². The number of thioether (sulfide) groups is 1. The second-order valence-electron chi connectivity index (χ2n) is 6.48. The summed E-state index contributed by atoms with van der Waals surface area (Å²) in [7, 11) is 1.31. The number of halogens is 1. The van der Waals surface area contributed by atoms with Crippen molar-refractivity contribution in [2.24, 2.45) is 0 Å². The summed E-state index contributed by atoms with van der Waals surface area (Å²) < 4.78 is 11.5. The summed E-state index contributed by atoms with van der Waals surface area (Å²) in [6.07, 6.45) is 0.0584. The van der Waals surface area contributed by atoms with Crippen LogP contribution >= 0.6 is 23.4 Å². The van der Waals surface area contributed by atoms with E-state index < -0.39 is 5.97 Å². The molecule has 0 N–H and O–H groups in total. The first-order chi connectivity index (χ1) is 15.1. The Balaban J connectivity index is 1.61. The molecule has 0 radical (unpaired) electrons. The molecule has 31 heavy (non-hydrogen) atoms. The zero-order valence-electron chi connectivity index (χ0n) is 16.4. The molecule has 158 valence electrons. The smallest absolute Gasteiger partial charge is 0.307 e. The molecule has 0 fully saturated rings. The van der Waals surface area contributed by atoms with Crippen LogP contribution < -0.4 is 5.56 Å². The minimum Gasteiger partial charge on any atom is -0.469 e. The van der Waals surface area contributed by atoms with Crippen LogP contribution in [0.5, 0.6) is 0 Å². The maximum Gasteiger partial charge on any atom is 0.307 e. The highest BCUT2D eigenvalue weighted by Crippen LogP contribution is 2.27. The van der Waals surface area contributed by atoms with Crippen molar-refractivity contribution in [2.75, 3.05) is 7.11 Å². The van der Waals surface area contributed by atoms with E-state index in [1.54, 1.807) is 30.3 Å². The number of hydrogen-bond donors (Lipinski definition) is 0. The van der Waals surface area contributed by atoms with E-state index in [-0.39, 0.29) is 18.5 Å². The van der Waals surface area contributed by atoms with Gasteiger partial charge in [0.2, 0.25) is 0 Å². The van der Waals surface area contributed by atoms with E-state index in [0.29, 0.717) is 44.1 Å². The molecule has 0 unspecified atom stereocenters. The molecular weight excluding hydrogens is 440 g/mol. The van der Waals surface area contributed by atoms with Gasteiger partial charge in [0, 0.05) is 6.54 Å². The van der Waals surface area contributed by atoms with Crippen molar-refractivity contribution in [3.05, 3.63) is 69.7 Å². The highest BCUT2D eigenvalue weighted by molar-refractivity contribution is 7.98. The van der Waals surface area contributed by atoms with Gasteiger partial charge in [0.1, 0.15) is 0 Å². The molecule has 0 aliphatic heterocycles. The largest absolute Gasteiger partial charge is 0.469 e. The Bertz CT molecular complexity index is 1300. The van der Waals surface area contributed by atoms with E-state index in [4.69, 9.17) is 20.9 Å². The van der Waals surface area contributed by atoms with Crippen molar-refractivity contribution in [1.82, 2.24) is 19.7 Å². The molecule has 0 atom stereocenters. The zero-order valence-corrected chi connectivity index (χ0v) is 18.0. The summed E-state index contributed by atoms with van der Waals surface area (Å²) in [6.45, 7) is 0.156. The molecule has 10 heteroatoms. The lowest BCUT2D eigenvalue weighted by molar-refractivity contribution is -0.140. The lowest BCUT2D eigenvalue weighted by Crippen LogP contribution is -2.24. The third-order valence-corrected chi connectivity index (χ3v) is 5.80. The van der Waals surface area contributed by atoms with Gasteiger partial charge in [-0.25, -0.2) is 4.98 Å². The van der Waals surface area contributed by atoms with Crippen LogP contribution in [0.15, 0.2) is 63.0 Å². The zero-order chi connectivity index (χ0) is 21.8. The Morgan fingerprint density at radius 3 is 2.74 bits per heavy atom. The Morgan fingerprint density at radius 1 is 1.16 bits per heavy atom. The van der Waals surface area contributed by atoms with Crippen LogP contribution in [0.4, 0.5) is 0 Å². The average Bonchev–Trinajstić information content (AvgIpc) is 3.26. The quantitative estimate of drug-likeness (QED) is 0.234. The van der Waals surface area contributed by atoms with Crippen LogP contribution in [0.1, 0.15) is 12.2 Å². The number of nitrogens with zero attached hydrogens (tertiary/aromatic N) is 4. The third kappa shape index (κ3) is 4.62. The maximum absolute atomic E-state index is 13.0. The Labute approximate surface area is 186 Å². The molecule has 2 aromatic heterocycles. The maximum atomic E-state index is 13.0. The fourth-order valence-corrected chi connectivity index (χ4v) is 4.03. The van der Waals surface area contributed by atoms with Crippen LogP contribution in [0.25, 0.3) is 22.4 Å². The fraction of sp³-hybridized carbons (Fsp3) is 0.190. The molecule has 2 heterocycles. The topological polar surface area (TPSA) is 100 Å². The predicted octanol–water partition coefficient (Wildman–Crippen LogP) is 3.96. The second-order valence-corrected chi connectivity index (χ2v) is 7.83. The Kier molecular flexibility index (Phi) is 6.34. The number of methoxy groups -OCH3 is 1. The van der Waals surface area contributed by atoms with Gasteiger partial charge in [0.25, 0.3) is 11.4 Å². The van der Waals surface area contributed by atoms with Crippen LogP contribution in [-0.2, 0) is 21.8 Å². The van der Waals surface area contributed by atoms with Crippen LogP contribution in [0.3, 0.4) is 0 Å². The van der Waals surface area contributed by atoms with Crippen molar-refractivity contribution >= 4 is 40.2 Å². The molecule has 0 amide bonds. The number of aromatic nitrogens is 4. The molecule has 0 spiro atoms. The number of carbonyl (C=O) groups excluding carboxylic acids is 1. The van der Waals surface area contributed by atoms with Gasteiger partial charge in [-0.1, -0.05) is 52.8 Å². The molecule has 4 aromatic rings. The van der Waals surface area contributed by atoms with E-state index in [1.807, 2.05) is 18.2 Å². The van der Waals surface area contributed by atoms with E-state index in [0.717, 1.165) is 0 Å². The van der Waals surface area contributed by atoms with Gasteiger partial charge in [-0.2, -0.15) is 4.98 Å². The number of ether oxygens (including phenoxy) is 1. The SMILES string of the molecule is COC(=O)CCn1c(SCc2noc(-c3ccccc3Cl)n2)nc2ccccc2c1=O. The van der Waals surface area contributed by atoms with Crippen molar-refractivity contribution in [2.45, 2.75) is 23.9 Å². The normalized spacial score (nSPS) is 11.0. The molecule has 0 saturated carbocycles. The van der Waals surface area contributed by atoms with E-state index in [1.165, 1.54) is 23.4 Å². The Morgan fingerprint density at radius 2 is 1.94 bits per heavy atom. The monoisotopic (exact) mass is 456 g/mol. The van der Waals surface area contributed by atoms with Gasteiger partial charge < -0.3 is 9.26 Å². The standard InChI is InChI=1S/C21H17ClN4O4S/c1-29-18(27)10-11-26-20(28)14-7-3-5-9-16(14)23-21(26)31-12-17-24-19(30-25-17)13-6-2-4-8-15(13)22/h2-9H,10-12H2,1H3. The lowest BCUT2D eigenvalue weighted by Gasteiger charge is -2.12. The van der Waals surface area contributed by atoms with Crippen molar-refractivity contribution in [3.63, 3.8) is 0 Å². The van der Waals surface area contributed by atoms with Gasteiger partial charge in [0.05, 0.1) is 40.8 Å². The number of para-hydroxylation sites is 1. The predicted molar refractivity (Wildman–Crippen MR) is 117 cm³/mol. The third-order valence-electron chi connectivity index (χ3n) is 4.50. The first-order valence-corrected chi connectivity index (χ1v) is 10.7. The highest BCUT2D eigenvalue weighted by Gasteiger charge is 2.16. The van der Waals surface area contributed by atoms with E-state index in [9.17, 15) is 9.59 Å². The highest BCUT2D eigenvalue weighted by atomic mass is 35.5. The number of esters is 1. The summed E-state index contributed by atoms with van der Waals surface area (Å²) in [5, 5.41) is 5.45.